The first-order valence-corrected chi connectivity index (χ1v) is 15.8. The van der Waals surface area contributed by atoms with Crippen LogP contribution in [-0.2, 0) is 9.59 Å². The molecule has 0 saturated heterocycles. The Bertz CT molecular complexity index is 1740. The molecule has 13 heteroatoms. The highest BCUT2D eigenvalue weighted by molar-refractivity contribution is 7.14. The van der Waals surface area contributed by atoms with Crippen LogP contribution in [0.1, 0.15) is 0 Å². The fourth-order valence-electron chi connectivity index (χ4n) is 3.48. The van der Waals surface area contributed by atoms with Gasteiger partial charge in [-0.1, -0.05) is 36.4 Å². The predicted molar refractivity (Wildman–Crippen MR) is 184 cm³/mol. The normalized spacial score (nSPS) is 9.89. The average Bonchev–Trinajstić information content (AvgIpc) is 3.76. The Morgan fingerprint density at radius 1 is 0.667 bits per heavy atom. The zero-order valence-electron chi connectivity index (χ0n) is 23.8. The molecule has 5 N–H and O–H groups in total. The average molecular weight is 657 g/mol. The van der Waals surface area contributed by atoms with Crippen molar-refractivity contribution < 1.29 is 9.59 Å². The first-order valence-electron chi connectivity index (χ1n) is 13.5. The number of hydrogen-bond donors (Lipinski definition) is 4. The number of anilines is 4. The summed E-state index contributed by atoms with van der Waals surface area (Å²) in [5.41, 5.74) is 10.7. The molecule has 0 unspecified atom stereocenters. The maximum atomic E-state index is 11.9. The third-order valence-electron chi connectivity index (χ3n) is 5.60. The van der Waals surface area contributed by atoms with Gasteiger partial charge in [0.05, 0.1) is 17.9 Å². The molecular formula is C32H29ClN8O2S2. The van der Waals surface area contributed by atoms with Gasteiger partial charge >= 0.3 is 0 Å². The Labute approximate surface area is 273 Å². The van der Waals surface area contributed by atoms with Crippen LogP contribution < -0.4 is 21.7 Å². The van der Waals surface area contributed by atoms with E-state index in [0.717, 1.165) is 33.9 Å². The van der Waals surface area contributed by atoms with Crippen molar-refractivity contribution in [3.63, 3.8) is 0 Å². The number of thiazole rings is 2. The first kappa shape index (κ1) is 32.7. The van der Waals surface area contributed by atoms with Crippen LogP contribution in [0.2, 0.25) is 0 Å². The maximum absolute atomic E-state index is 11.9. The second-order valence-electron chi connectivity index (χ2n) is 8.91. The van der Waals surface area contributed by atoms with Crippen molar-refractivity contribution in [1.29, 1.82) is 0 Å². The largest absolute Gasteiger partial charge is 0.399 e. The number of nitrogens with zero attached hydrogens (tertiary/aromatic N) is 4. The van der Waals surface area contributed by atoms with Crippen molar-refractivity contribution in [2.75, 3.05) is 34.1 Å². The van der Waals surface area contributed by atoms with E-state index >= 15 is 0 Å². The van der Waals surface area contributed by atoms with Crippen molar-refractivity contribution in [3.05, 3.63) is 120 Å². The summed E-state index contributed by atoms with van der Waals surface area (Å²) in [6.07, 6.45) is 6.84. The summed E-state index contributed by atoms with van der Waals surface area (Å²) in [5, 5.41) is 13.4. The highest BCUT2D eigenvalue weighted by Gasteiger charge is 2.08. The van der Waals surface area contributed by atoms with Gasteiger partial charge in [0.1, 0.15) is 5.88 Å². The Hall–Kier alpha value is -5.17. The van der Waals surface area contributed by atoms with Crippen LogP contribution in [-0.4, -0.2) is 44.2 Å². The van der Waals surface area contributed by atoms with Gasteiger partial charge in [-0.15, -0.1) is 34.3 Å². The number of aromatic nitrogens is 4. The van der Waals surface area contributed by atoms with E-state index in [2.05, 4.69) is 35.9 Å². The molecule has 0 aliphatic heterocycles. The van der Waals surface area contributed by atoms with E-state index in [1.807, 2.05) is 95.7 Å². The quantitative estimate of drug-likeness (QED) is 0.102. The van der Waals surface area contributed by atoms with Crippen molar-refractivity contribution in [1.82, 2.24) is 19.9 Å². The van der Waals surface area contributed by atoms with Crippen LogP contribution >= 0.6 is 34.3 Å². The number of pyridine rings is 2. The third-order valence-corrected chi connectivity index (χ3v) is 7.36. The van der Waals surface area contributed by atoms with E-state index in [-0.39, 0.29) is 24.2 Å². The third kappa shape index (κ3) is 11.4. The lowest BCUT2D eigenvalue weighted by Crippen LogP contribution is -2.21. The number of carbonyl (C=O) groups excluding carboxylic acids is 2. The molecule has 6 rings (SSSR count). The minimum atomic E-state index is -0.253. The van der Waals surface area contributed by atoms with Gasteiger partial charge in [0.15, 0.2) is 10.3 Å². The first-order chi connectivity index (χ1) is 22.0. The molecule has 0 spiro atoms. The van der Waals surface area contributed by atoms with E-state index in [4.69, 9.17) is 17.3 Å². The number of carbonyl (C=O) groups is 2. The Kier molecular flexibility index (Phi) is 13.0. The molecule has 0 radical (unpaired) electrons. The molecule has 0 aliphatic carbocycles. The molecule has 0 bridgehead atoms. The summed E-state index contributed by atoms with van der Waals surface area (Å²) in [7, 11) is 0. The van der Waals surface area contributed by atoms with Crippen LogP contribution in [0.3, 0.4) is 0 Å². The molecule has 6 aromatic rings. The molecule has 0 saturated carbocycles. The number of alkyl halides is 1. The van der Waals surface area contributed by atoms with Crippen LogP contribution in [0.4, 0.5) is 21.6 Å². The number of rotatable bonds is 8. The molecule has 0 fully saturated rings. The number of nitrogens with two attached hydrogens (primary N) is 1. The Morgan fingerprint density at radius 3 is 1.58 bits per heavy atom. The molecule has 10 nitrogen and oxygen atoms in total. The van der Waals surface area contributed by atoms with Gasteiger partial charge in [0.25, 0.3) is 0 Å². The van der Waals surface area contributed by atoms with Crippen molar-refractivity contribution in [3.8, 4) is 22.5 Å². The van der Waals surface area contributed by atoms with Crippen molar-refractivity contribution >= 4 is 67.7 Å². The molecule has 4 aromatic heterocycles. The van der Waals surface area contributed by atoms with Crippen LogP contribution in [0.5, 0.6) is 0 Å². The molecule has 0 atom stereocenters. The summed E-state index contributed by atoms with van der Waals surface area (Å²) in [6.45, 7) is 0.203. The molecular weight excluding hydrogens is 628 g/mol. The number of para-hydroxylation sites is 2. The topological polar surface area (TPSA) is 148 Å². The Balaban J connectivity index is 0.000000174. The predicted octanol–water partition coefficient (Wildman–Crippen LogP) is 6.91. The van der Waals surface area contributed by atoms with Gasteiger partial charge in [-0.2, -0.15) is 0 Å². The summed E-state index contributed by atoms with van der Waals surface area (Å²) in [4.78, 5) is 39.5. The summed E-state index contributed by atoms with van der Waals surface area (Å²) in [5.74, 6) is -0.443. The lowest BCUT2D eigenvalue weighted by Gasteiger charge is -2.05. The van der Waals surface area contributed by atoms with Gasteiger partial charge in [-0.3, -0.25) is 19.6 Å². The van der Waals surface area contributed by atoms with E-state index in [1.54, 1.807) is 24.8 Å². The monoisotopic (exact) mass is 656 g/mol. The van der Waals surface area contributed by atoms with Crippen molar-refractivity contribution in [2.45, 2.75) is 0 Å². The molecule has 4 heterocycles. The minimum Gasteiger partial charge on any atom is -0.399 e. The zero-order valence-corrected chi connectivity index (χ0v) is 26.2. The van der Waals surface area contributed by atoms with E-state index in [9.17, 15) is 9.59 Å². The lowest BCUT2D eigenvalue weighted by atomic mass is 10.2. The molecule has 2 aromatic carbocycles. The highest BCUT2D eigenvalue weighted by atomic mass is 35.5. The molecule has 2 amide bonds. The Morgan fingerprint density at radius 2 is 1.13 bits per heavy atom. The molecule has 228 valence electrons. The van der Waals surface area contributed by atoms with Gasteiger partial charge < -0.3 is 21.7 Å². The number of nitrogen functional groups attached to an aromatic ring is 1. The number of amides is 2. The maximum Gasteiger partial charge on any atom is 0.245 e. The summed E-state index contributed by atoms with van der Waals surface area (Å²) >= 11 is 8.15. The van der Waals surface area contributed by atoms with Crippen molar-refractivity contribution in [2.24, 2.45) is 0 Å². The highest BCUT2D eigenvalue weighted by Crippen LogP contribution is 2.25. The van der Waals surface area contributed by atoms with Gasteiger partial charge in [-0.05, 0) is 48.5 Å². The minimum absolute atomic E-state index is 0.0653. The van der Waals surface area contributed by atoms with Crippen LogP contribution in [0.15, 0.2) is 120 Å². The fraction of sp³-hybridized carbons (Fsp3) is 0.0625. The molecule has 0 aliphatic rings. The van der Waals surface area contributed by atoms with Gasteiger partial charge in [-0.25, -0.2) is 9.97 Å². The van der Waals surface area contributed by atoms with Gasteiger partial charge in [0.2, 0.25) is 11.8 Å². The SMILES string of the molecule is Nc1ccccc1.O=C(CCl)Nc1nc(-c2ccncc2)cs1.O=C(CNc1ccccc1)Nc1nc(-c2ccncc2)cs1. The van der Waals surface area contributed by atoms with Gasteiger partial charge in [0, 0.05) is 58.0 Å². The number of nitrogens with one attached hydrogen (secondary N) is 3. The zero-order chi connectivity index (χ0) is 31.7. The summed E-state index contributed by atoms with van der Waals surface area (Å²) < 4.78 is 0. The summed E-state index contributed by atoms with van der Waals surface area (Å²) in [6, 6.07) is 26.6. The second-order valence-corrected chi connectivity index (χ2v) is 10.9. The van der Waals surface area contributed by atoms with Crippen LogP contribution in [0.25, 0.3) is 22.5 Å². The standard InChI is InChI=1S/C16H14N4OS.C10H8ClN3OS.C6H7N/c21-15(10-18-13-4-2-1-3-5-13)20-16-19-14(11-22-16)12-6-8-17-9-7-12;11-5-9(15)14-10-13-8(6-16-10)7-1-3-12-4-2-7;7-6-4-2-1-3-5-6/h1-9,11,18H,10H2,(H,19,20,21);1-4,6H,5H2,(H,13,14,15);1-5H,7H2. The number of hydrogen-bond acceptors (Lipinski definition) is 10. The number of halogens is 1. The fourth-order valence-corrected chi connectivity index (χ4v) is 5.02. The smallest absolute Gasteiger partial charge is 0.245 e. The molecule has 45 heavy (non-hydrogen) atoms. The lowest BCUT2D eigenvalue weighted by molar-refractivity contribution is -0.115. The van der Waals surface area contributed by atoms with E-state index in [0.29, 0.717) is 10.3 Å². The van der Waals surface area contributed by atoms with Crippen LogP contribution in [0, 0.1) is 0 Å². The second kappa shape index (κ2) is 17.8. The van der Waals surface area contributed by atoms with E-state index in [1.165, 1.54) is 22.7 Å². The van der Waals surface area contributed by atoms with E-state index < -0.39 is 0 Å². The number of benzene rings is 2.